The Morgan fingerprint density at radius 3 is 2.57 bits per heavy atom. The summed E-state index contributed by atoms with van der Waals surface area (Å²) >= 11 is 6.32. The fourth-order valence-electron chi connectivity index (χ4n) is 2.43. The predicted molar refractivity (Wildman–Crippen MR) is 108 cm³/mol. The van der Waals surface area contributed by atoms with Crippen LogP contribution >= 0.6 is 11.6 Å². The van der Waals surface area contributed by atoms with Crippen molar-refractivity contribution >= 4 is 35.2 Å². The van der Waals surface area contributed by atoms with E-state index in [1.807, 2.05) is 6.92 Å². The number of carbonyl (C=O) groups is 2. The first-order valence-corrected chi connectivity index (χ1v) is 9.19. The molecule has 0 aliphatic heterocycles. The Kier molecular flexibility index (Phi) is 7.63. The third-order valence-electron chi connectivity index (χ3n) is 3.75. The number of ether oxygens (including phenoxy) is 2. The summed E-state index contributed by atoms with van der Waals surface area (Å²) < 4.78 is 11.7. The number of anilines is 1. The molecule has 0 aliphatic rings. The molecule has 1 aromatic heterocycles. The van der Waals surface area contributed by atoms with Gasteiger partial charge in [0.25, 0.3) is 5.91 Å². The monoisotopic (exact) mass is 405 g/mol. The number of esters is 1. The molecule has 28 heavy (non-hydrogen) atoms. The minimum Gasteiger partial charge on any atom is -0.497 e. The topological polar surface area (TPSA) is 82.4 Å². The van der Waals surface area contributed by atoms with Crippen molar-refractivity contribution < 1.29 is 19.1 Å². The number of nitrogens with zero attached hydrogens (tertiary/aromatic N) is 2. The van der Waals surface area contributed by atoms with Crippen LogP contribution in [-0.4, -0.2) is 35.4 Å². The molecule has 0 fully saturated rings. The van der Waals surface area contributed by atoms with Crippen molar-refractivity contribution in [1.82, 2.24) is 9.78 Å². The second-order valence-electron chi connectivity index (χ2n) is 6.58. The van der Waals surface area contributed by atoms with E-state index in [0.717, 1.165) is 0 Å². The molecule has 0 unspecified atom stereocenters. The number of amides is 1. The van der Waals surface area contributed by atoms with E-state index in [9.17, 15) is 9.59 Å². The molecule has 1 aromatic carbocycles. The lowest BCUT2D eigenvalue weighted by atomic mass is 10.2. The van der Waals surface area contributed by atoms with Gasteiger partial charge in [0.05, 0.1) is 12.8 Å². The Labute approximate surface area is 169 Å². The number of aromatic nitrogens is 2. The summed E-state index contributed by atoms with van der Waals surface area (Å²) in [5.74, 6) is -0.00844. The van der Waals surface area contributed by atoms with Gasteiger partial charge in [-0.05, 0) is 43.2 Å². The van der Waals surface area contributed by atoms with Crippen LogP contribution in [0.2, 0.25) is 5.15 Å². The van der Waals surface area contributed by atoms with Crippen molar-refractivity contribution in [3.05, 3.63) is 46.8 Å². The number of hydrogen-bond donors (Lipinski definition) is 1. The summed E-state index contributed by atoms with van der Waals surface area (Å²) in [5, 5.41) is 7.47. The Hall–Kier alpha value is -2.80. The van der Waals surface area contributed by atoms with Gasteiger partial charge in [-0.2, -0.15) is 5.10 Å². The second kappa shape index (κ2) is 9.94. The molecule has 7 nitrogen and oxygen atoms in total. The van der Waals surface area contributed by atoms with Gasteiger partial charge in [-0.15, -0.1) is 0 Å². The van der Waals surface area contributed by atoms with Crippen molar-refractivity contribution in [1.29, 1.82) is 0 Å². The van der Waals surface area contributed by atoms with Gasteiger partial charge >= 0.3 is 5.97 Å². The first-order chi connectivity index (χ1) is 13.3. The van der Waals surface area contributed by atoms with Gasteiger partial charge in [0.1, 0.15) is 10.9 Å². The predicted octanol–water partition coefficient (Wildman–Crippen LogP) is 3.70. The number of halogens is 1. The number of hydrogen-bond acceptors (Lipinski definition) is 5. The highest BCUT2D eigenvalue weighted by molar-refractivity contribution is 6.31. The number of aryl methyl sites for hydroxylation is 1. The van der Waals surface area contributed by atoms with Gasteiger partial charge in [0.2, 0.25) is 0 Å². The van der Waals surface area contributed by atoms with Crippen LogP contribution < -0.4 is 10.1 Å². The van der Waals surface area contributed by atoms with Gasteiger partial charge in [-0.3, -0.25) is 9.48 Å². The summed E-state index contributed by atoms with van der Waals surface area (Å²) in [6.45, 7) is 6.24. The van der Waals surface area contributed by atoms with E-state index in [1.165, 1.54) is 6.08 Å². The lowest BCUT2D eigenvalue weighted by Crippen LogP contribution is -2.20. The largest absolute Gasteiger partial charge is 0.497 e. The third kappa shape index (κ3) is 6.13. The molecule has 0 saturated carbocycles. The maximum atomic E-state index is 11.9. The quantitative estimate of drug-likeness (QED) is 0.534. The molecule has 2 aromatic rings. The average molecular weight is 406 g/mol. The van der Waals surface area contributed by atoms with E-state index in [2.05, 4.69) is 24.3 Å². The number of methoxy groups -OCH3 is 1. The van der Waals surface area contributed by atoms with Crippen LogP contribution in [0.15, 0.2) is 30.3 Å². The molecule has 1 amide bonds. The number of nitrogens with one attached hydrogen (secondary N) is 1. The van der Waals surface area contributed by atoms with Crippen molar-refractivity contribution in [3.8, 4) is 5.75 Å². The van der Waals surface area contributed by atoms with Gasteiger partial charge in [0, 0.05) is 23.9 Å². The molecule has 0 radical (unpaired) electrons. The normalized spacial score (nSPS) is 11.1. The standard InChI is InChI=1S/C20H24ClN3O4/c1-13(2)11-24-20(21)17(14(3)23-24)9-10-19(26)28-12-18(25)22-15-5-7-16(27-4)8-6-15/h5-10,13H,11-12H2,1-4H3,(H,22,25)/b10-9+. The first-order valence-electron chi connectivity index (χ1n) is 8.81. The van der Waals surface area contributed by atoms with Crippen molar-refractivity contribution in [2.24, 2.45) is 5.92 Å². The van der Waals surface area contributed by atoms with Crippen molar-refractivity contribution in [2.75, 3.05) is 19.0 Å². The number of benzene rings is 1. The summed E-state index contributed by atoms with van der Waals surface area (Å²) in [6, 6.07) is 6.82. The van der Waals surface area contributed by atoms with Crippen LogP contribution in [-0.2, 0) is 20.9 Å². The minimum atomic E-state index is -0.642. The summed E-state index contributed by atoms with van der Waals surface area (Å²) in [7, 11) is 1.56. The minimum absolute atomic E-state index is 0.391. The van der Waals surface area contributed by atoms with E-state index >= 15 is 0 Å². The second-order valence-corrected chi connectivity index (χ2v) is 6.94. The maximum absolute atomic E-state index is 11.9. The van der Waals surface area contributed by atoms with E-state index in [-0.39, 0.29) is 0 Å². The summed E-state index contributed by atoms with van der Waals surface area (Å²) in [6.07, 6.45) is 2.78. The lowest BCUT2D eigenvalue weighted by Gasteiger charge is -2.06. The SMILES string of the molecule is COc1ccc(NC(=O)COC(=O)/C=C/c2c(C)nn(CC(C)C)c2Cl)cc1. The molecular weight excluding hydrogens is 382 g/mol. The van der Waals surface area contributed by atoms with Crippen LogP contribution in [0.4, 0.5) is 5.69 Å². The molecule has 1 heterocycles. The van der Waals surface area contributed by atoms with Gasteiger partial charge in [-0.1, -0.05) is 25.4 Å². The lowest BCUT2D eigenvalue weighted by molar-refractivity contribution is -0.142. The maximum Gasteiger partial charge on any atom is 0.331 e. The van der Waals surface area contributed by atoms with Crippen LogP contribution in [0.1, 0.15) is 25.1 Å². The van der Waals surface area contributed by atoms with E-state index in [4.69, 9.17) is 21.1 Å². The zero-order valence-electron chi connectivity index (χ0n) is 16.4. The first kappa shape index (κ1) is 21.5. The Balaban J connectivity index is 1.88. The molecular formula is C20H24ClN3O4. The van der Waals surface area contributed by atoms with E-state index < -0.39 is 18.5 Å². The zero-order chi connectivity index (χ0) is 20.7. The van der Waals surface area contributed by atoms with Crippen molar-refractivity contribution in [3.63, 3.8) is 0 Å². The third-order valence-corrected chi connectivity index (χ3v) is 4.15. The van der Waals surface area contributed by atoms with Crippen LogP contribution in [0.25, 0.3) is 6.08 Å². The molecule has 150 valence electrons. The van der Waals surface area contributed by atoms with Gasteiger partial charge in [0.15, 0.2) is 6.61 Å². The summed E-state index contributed by atoms with van der Waals surface area (Å²) in [4.78, 5) is 23.8. The molecule has 0 atom stereocenters. The highest BCUT2D eigenvalue weighted by Crippen LogP contribution is 2.22. The Morgan fingerprint density at radius 2 is 1.96 bits per heavy atom. The van der Waals surface area contributed by atoms with Crippen LogP contribution in [0.3, 0.4) is 0 Å². The molecule has 8 heteroatoms. The number of rotatable bonds is 8. The van der Waals surface area contributed by atoms with Crippen LogP contribution in [0.5, 0.6) is 5.75 Å². The fraction of sp³-hybridized carbons (Fsp3) is 0.350. The molecule has 0 bridgehead atoms. The molecule has 2 rings (SSSR count). The average Bonchev–Trinajstić information content (AvgIpc) is 2.91. The zero-order valence-corrected chi connectivity index (χ0v) is 17.1. The van der Waals surface area contributed by atoms with Gasteiger partial charge in [-0.25, -0.2) is 4.79 Å². The Bertz CT molecular complexity index is 857. The molecule has 0 aliphatic carbocycles. The van der Waals surface area contributed by atoms with E-state index in [1.54, 1.807) is 42.1 Å². The highest BCUT2D eigenvalue weighted by Gasteiger charge is 2.13. The summed E-state index contributed by atoms with van der Waals surface area (Å²) in [5.41, 5.74) is 1.95. The fourth-order valence-corrected chi connectivity index (χ4v) is 2.74. The Morgan fingerprint density at radius 1 is 1.29 bits per heavy atom. The number of carbonyl (C=O) groups excluding carboxylic acids is 2. The van der Waals surface area contributed by atoms with Gasteiger partial charge < -0.3 is 14.8 Å². The van der Waals surface area contributed by atoms with E-state index in [0.29, 0.717) is 40.3 Å². The van der Waals surface area contributed by atoms with Crippen molar-refractivity contribution in [2.45, 2.75) is 27.3 Å². The van der Waals surface area contributed by atoms with Crippen LogP contribution in [0, 0.1) is 12.8 Å². The molecule has 0 saturated heterocycles. The molecule has 0 spiro atoms. The highest BCUT2D eigenvalue weighted by atomic mass is 35.5. The molecule has 1 N–H and O–H groups in total. The smallest absolute Gasteiger partial charge is 0.331 e.